The third kappa shape index (κ3) is 4.77. The van der Waals surface area contributed by atoms with Gasteiger partial charge in [-0.25, -0.2) is 0 Å². The molecule has 1 fully saturated rings. The van der Waals surface area contributed by atoms with Gasteiger partial charge in [0.05, 0.1) is 17.6 Å². The van der Waals surface area contributed by atoms with Crippen molar-refractivity contribution < 1.29 is 14.3 Å². The second kappa shape index (κ2) is 9.90. The van der Waals surface area contributed by atoms with Crippen LogP contribution in [0.5, 0.6) is 5.75 Å². The summed E-state index contributed by atoms with van der Waals surface area (Å²) in [7, 11) is 0. The van der Waals surface area contributed by atoms with E-state index in [0.717, 1.165) is 16.7 Å². The van der Waals surface area contributed by atoms with Crippen LogP contribution in [0.15, 0.2) is 78.9 Å². The molecule has 0 saturated carbocycles. The molecule has 0 aromatic heterocycles. The first-order valence-electron chi connectivity index (χ1n) is 11.5. The molecule has 33 heavy (non-hydrogen) atoms. The number of rotatable bonds is 7. The van der Waals surface area contributed by atoms with Crippen LogP contribution in [0.4, 0.5) is 0 Å². The Morgan fingerprint density at radius 3 is 2.24 bits per heavy atom. The van der Waals surface area contributed by atoms with Crippen molar-refractivity contribution in [1.82, 2.24) is 4.90 Å². The van der Waals surface area contributed by atoms with E-state index in [4.69, 9.17) is 10.5 Å². The lowest BCUT2D eigenvalue weighted by molar-refractivity contribution is -0.130. The summed E-state index contributed by atoms with van der Waals surface area (Å²) < 4.78 is 5.64. The number of nitrogens with zero attached hydrogens (tertiary/aromatic N) is 1. The summed E-state index contributed by atoms with van der Waals surface area (Å²) in [4.78, 5) is 27.7. The lowest BCUT2D eigenvalue weighted by atomic mass is 9.72. The van der Waals surface area contributed by atoms with Gasteiger partial charge in [-0.05, 0) is 55.0 Å². The first kappa shape index (κ1) is 22.6. The third-order valence-corrected chi connectivity index (χ3v) is 6.58. The van der Waals surface area contributed by atoms with E-state index in [9.17, 15) is 9.59 Å². The van der Waals surface area contributed by atoms with Gasteiger partial charge in [0.15, 0.2) is 0 Å². The van der Waals surface area contributed by atoms with Gasteiger partial charge in [0.25, 0.3) is 5.91 Å². The molecular formula is C28H30N2O3. The SMILES string of the molecule is CCOc1ccccc1C(=O)N1CCC(Cc2ccccc2-c2ccccc2)(C(N)=O)CC1. The van der Waals surface area contributed by atoms with E-state index >= 15 is 0 Å². The Kier molecular flexibility index (Phi) is 6.78. The van der Waals surface area contributed by atoms with Gasteiger partial charge in [-0.3, -0.25) is 9.59 Å². The summed E-state index contributed by atoms with van der Waals surface area (Å²) >= 11 is 0. The summed E-state index contributed by atoms with van der Waals surface area (Å²) in [5.41, 5.74) is 9.18. The lowest BCUT2D eigenvalue weighted by Crippen LogP contribution is -2.50. The molecule has 3 aromatic carbocycles. The van der Waals surface area contributed by atoms with Crippen LogP contribution >= 0.6 is 0 Å². The Hall–Kier alpha value is -3.60. The van der Waals surface area contributed by atoms with Crippen molar-refractivity contribution >= 4 is 11.8 Å². The van der Waals surface area contributed by atoms with Gasteiger partial charge in [-0.1, -0.05) is 66.7 Å². The maximum absolute atomic E-state index is 13.2. The molecule has 1 aliphatic rings. The first-order chi connectivity index (χ1) is 16.0. The number of benzene rings is 3. The van der Waals surface area contributed by atoms with Gasteiger partial charge in [-0.2, -0.15) is 0 Å². The number of hydrogen-bond acceptors (Lipinski definition) is 3. The second-order valence-electron chi connectivity index (χ2n) is 8.57. The Labute approximate surface area is 195 Å². The highest BCUT2D eigenvalue weighted by molar-refractivity contribution is 5.97. The molecule has 5 nitrogen and oxygen atoms in total. The van der Waals surface area contributed by atoms with E-state index in [1.165, 1.54) is 0 Å². The Balaban J connectivity index is 1.54. The standard InChI is InChI=1S/C28H30N2O3/c1-2-33-25-15-9-8-14-24(25)26(31)30-18-16-28(17-19-30,27(29)32)20-22-12-6-7-13-23(22)21-10-4-3-5-11-21/h3-15H,2,16-20H2,1H3,(H2,29,32). The van der Waals surface area contributed by atoms with Crippen LogP contribution in [0.25, 0.3) is 11.1 Å². The normalized spacial score (nSPS) is 15.1. The van der Waals surface area contributed by atoms with Gasteiger partial charge in [0, 0.05) is 13.1 Å². The number of piperidine rings is 1. The molecular weight excluding hydrogens is 412 g/mol. The van der Waals surface area contributed by atoms with Gasteiger partial charge in [0.1, 0.15) is 5.75 Å². The van der Waals surface area contributed by atoms with Crippen molar-refractivity contribution in [2.24, 2.45) is 11.1 Å². The van der Waals surface area contributed by atoms with Gasteiger partial charge >= 0.3 is 0 Å². The zero-order valence-electron chi connectivity index (χ0n) is 19.0. The number of carbonyl (C=O) groups is 2. The molecule has 0 aliphatic carbocycles. The topological polar surface area (TPSA) is 72.6 Å². The number of nitrogens with two attached hydrogens (primary N) is 1. The van der Waals surface area contributed by atoms with Crippen LogP contribution in [0.2, 0.25) is 0 Å². The Morgan fingerprint density at radius 1 is 0.909 bits per heavy atom. The van der Waals surface area contributed by atoms with Gasteiger partial charge < -0.3 is 15.4 Å². The zero-order chi connectivity index (χ0) is 23.3. The van der Waals surface area contributed by atoms with Gasteiger partial charge in [0.2, 0.25) is 5.91 Å². The molecule has 1 heterocycles. The van der Waals surface area contributed by atoms with E-state index in [-0.39, 0.29) is 11.8 Å². The van der Waals surface area contributed by atoms with Crippen LogP contribution in [0.1, 0.15) is 35.7 Å². The molecule has 1 saturated heterocycles. The van der Waals surface area contributed by atoms with Crippen molar-refractivity contribution in [3.8, 4) is 16.9 Å². The molecule has 0 unspecified atom stereocenters. The number of para-hydroxylation sites is 1. The summed E-state index contributed by atoms with van der Waals surface area (Å²) in [6.45, 7) is 3.36. The van der Waals surface area contributed by atoms with Crippen LogP contribution < -0.4 is 10.5 Å². The summed E-state index contributed by atoms with van der Waals surface area (Å²) in [5.74, 6) is 0.225. The molecule has 170 valence electrons. The summed E-state index contributed by atoms with van der Waals surface area (Å²) in [6.07, 6.45) is 1.63. The largest absolute Gasteiger partial charge is 0.493 e. The average Bonchev–Trinajstić information content (AvgIpc) is 2.85. The molecule has 2 amide bonds. The number of likely N-dealkylation sites (tertiary alicyclic amines) is 1. The summed E-state index contributed by atoms with van der Waals surface area (Å²) in [5, 5.41) is 0. The van der Waals surface area contributed by atoms with Crippen molar-refractivity contribution in [3.63, 3.8) is 0 Å². The molecule has 0 bridgehead atoms. The third-order valence-electron chi connectivity index (χ3n) is 6.58. The number of hydrogen-bond donors (Lipinski definition) is 1. The molecule has 0 spiro atoms. The van der Waals surface area contributed by atoms with Crippen LogP contribution in [-0.2, 0) is 11.2 Å². The maximum Gasteiger partial charge on any atom is 0.257 e. The lowest BCUT2D eigenvalue weighted by Gasteiger charge is -2.40. The minimum atomic E-state index is -0.679. The minimum absolute atomic E-state index is 0.0678. The highest BCUT2D eigenvalue weighted by atomic mass is 16.5. The molecule has 0 atom stereocenters. The highest BCUT2D eigenvalue weighted by Gasteiger charge is 2.41. The predicted octanol–water partition coefficient (Wildman–Crippen LogP) is 4.70. The Morgan fingerprint density at radius 2 is 1.55 bits per heavy atom. The van der Waals surface area contributed by atoms with E-state index in [2.05, 4.69) is 24.3 Å². The molecule has 4 rings (SSSR count). The Bertz CT molecular complexity index is 1120. The number of ether oxygens (including phenoxy) is 1. The van der Waals surface area contributed by atoms with Gasteiger partial charge in [-0.15, -0.1) is 0 Å². The fourth-order valence-electron chi connectivity index (χ4n) is 4.68. The number of primary amides is 1. The van der Waals surface area contributed by atoms with Crippen LogP contribution in [0.3, 0.4) is 0 Å². The second-order valence-corrected chi connectivity index (χ2v) is 8.57. The van der Waals surface area contributed by atoms with Crippen LogP contribution in [-0.4, -0.2) is 36.4 Å². The van der Waals surface area contributed by atoms with Crippen molar-refractivity contribution in [2.75, 3.05) is 19.7 Å². The molecule has 3 aromatic rings. The number of carbonyl (C=O) groups excluding carboxylic acids is 2. The first-order valence-corrected chi connectivity index (χ1v) is 11.5. The smallest absolute Gasteiger partial charge is 0.257 e. The zero-order valence-corrected chi connectivity index (χ0v) is 19.0. The van der Waals surface area contributed by atoms with Crippen molar-refractivity contribution in [1.29, 1.82) is 0 Å². The van der Waals surface area contributed by atoms with E-state index in [1.54, 1.807) is 6.07 Å². The molecule has 5 heteroatoms. The highest BCUT2D eigenvalue weighted by Crippen LogP contribution is 2.38. The molecule has 1 aliphatic heterocycles. The van der Waals surface area contributed by atoms with Crippen molar-refractivity contribution in [3.05, 3.63) is 90.0 Å². The average molecular weight is 443 g/mol. The maximum atomic E-state index is 13.2. The fraction of sp³-hybridized carbons (Fsp3) is 0.286. The summed E-state index contributed by atoms with van der Waals surface area (Å²) in [6, 6.07) is 25.7. The number of amides is 2. The van der Waals surface area contributed by atoms with E-state index in [1.807, 2.05) is 60.4 Å². The van der Waals surface area contributed by atoms with E-state index in [0.29, 0.717) is 50.3 Å². The predicted molar refractivity (Wildman–Crippen MR) is 130 cm³/mol. The van der Waals surface area contributed by atoms with Crippen LogP contribution in [0, 0.1) is 5.41 Å². The molecule has 0 radical (unpaired) electrons. The minimum Gasteiger partial charge on any atom is -0.493 e. The molecule has 2 N–H and O–H groups in total. The van der Waals surface area contributed by atoms with E-state index < -0.39 is 5.41 Å². The monoisotopic (exact) mass is 442 g/mol. The fourth-order valence-corrected chi connectivity index (χ4v) is 4.68. The quantitative estimate of drug-likeness (QED) is 0.576. The van der Waals surface area contributed by atoms with Crippen molar-refractivity contribution in [2.45, 2.75) is 26.2 Å².